The maximum atomic E-state index is 11.4. The van der Waals surface area contributed by atoms with Crippen LogP contribution in [0.3, 0.4) is 0 Å². The van der Waals surface area contributed by atoms with Crippen molar-refractivity contribution < 1.29 is 24.6 Å². The summed E-state index contributed by atoms with van der Waals surface area (Å²) in [6.07, 6.45) is -0.947. The number of aliphatic carboxylic acids is 2. The van der Waals surface area contributed by atoms with Crippen LogP contribution >= 0.6 is 23.2 Å². The van der Waals surface area contributed by atoms with Crippen LogP contribution in [0, 0.1) is 0 Å². The van der Waals surface area contributed by atoms with Crippen molar-refractivity contribution in [1.82, 2.24) is 0 Å². The van der Waals surface area contributed by atoms with E-state index in [-0.39, 0.29) is 15.7 Å². The van der Waals surface area contributed by atoms with Crippen molar-refractivity contribution in [2.75, 3.05) is 0 Å². The number of Topliss-reactive ketones (excluding diaryl/α,β-unsaturated/α-hetero) is 1. The van der Waals surface area contributed by atoms with Gasteiger partial charge in [0.15, 0.2) is 5.78 Å². The van der Waals surface area contributed by atoms with Crippen molar-refractivity contribution in [2.45, 2.75) is 12.5 Å². The van der Waals surface area contributed by atoms with Crippen molar-refractivity contribution in [3.8, 4) is 0 Å². The maximum absolute atomic E-state index is 11.4. The SMILES string of the molecule is O=C(O)CC(=O)C(N=Nc1ccc(Cl)c(Cl)c1)C(=O)O. The molecular weight excluding hydrogens is 311 g/mol. The Morgan fingerprint density at radius 1 is 1.15 bits per heavy atom. The molecule has 7 nitrogen and oxygen atoms in total. The van der Waals surface area contributed by atoms with Crippen LogP contribution in [0.15, 0.2) is 28.4 Å². The fraction of sp³-hybridized carbons (Fsp3) is 0.182. The quantitative estimate of drug-likeness (QED) is 0.617. The Labute approximate surface area is 122 Å². The lowest BCUT2D eigenvalue weighted by Gasteiger charge is -2.03. The first-order chi connectivity index (χ1) is 9.31. The second-order valence-corrected chi connectivity index (χ2v) is 4.41. The van der Waals surface area contributed by atoms with Crippen LogP contribution in [-0.2, 0) is 14.4 Å². The summed E-state index contributed by atoms with van der Waals surface area (Å²) in [5, 5.41) is 24.6. The summed E-state index contributed by atoms with van der Waals surface area (Å²) in [6.45, 7) is 0. The van der Waals surface area contributed by atoms with Gasteiger partial charge in [-0.25, -0.2) is 4.79 Å². The fourth-order valence-corrected chi connectivity index (χ4v) is 1.46. The molecule has 0 saturated carbocycles. The molecule has 0 heterocycles. The van der Waals surface area contributed by atoms with E-state index >= 15 is 0 Å². The van der Waals surface area contributed by atoms with Crippen LogP contribution in [0.25, 0.3) is 0 Å². The molecule has 0 saturated heterocycles. The van der Waals surface area contributed by atoms with Crippen molar-refractivity contribution >= 4 is 46.6 Å². The molecule has 0 aliphatic heterocycles. The molecule has 9 heteroatoms. The maximum Gasteiger partial charge on any atom is 0.338 e. The Balaban J connectivity index is 2.92. The molecule has 1 rings (SSSR count). The molecule has 1 unspecified atom stereocenters. The zero-order valence-electron chi connectivity index (χ0n) is 9.79. The largest absolute Gasteiger partial charge is 0.481 e. The van der Waals surface area contributed by atoms with E-state index in [1.165, 1.54) is 18.2 Å². The number of ketones is 1. The van der Waals surface area contributed by atoms with Gasteiger partial charge in [-0.15, -0.1) is 0 Å². The number of nitrogens with zero attached hydrogens (tertiary/aromatic N) is 2. The zero-order valence-corrected chi connectivity index (χ0v) is 11.3. The third kappa shape index (κ3) is 4.60. The van der Waals surface area contributed by atoms with Gasteiger partial charge in [-0.05, 0) is 18.2 Å². The highest BCUT2D eigenvalue weighted by Crippen LogP contribution is 2.26. The highest BCUT2D eigenvalue weighted by atomic mass is 35.5. The molecule has 0 fully saturated rings. The van der Waals surface area contributed by atoms with Gasteiger partial charge >= 0.3 is 11.9 Å². The molecule has 0 aliphatic carbocycles. The number of azo groups is 1. The van der Waals surface area contributed by atoms with Gasteiger partial charge in [0.2, 0.25) is 6.04 Å². The number of hydrogen-bond acceptors (Lipinski definition) is 5. The minimum Gasteiger partial charge on any atom is -0.481 e. The zero-order chi connectivity index (χ0) is 15.3. The Bertz CT molecular complexity index is 588. The van der Waals surface area contributed by atoms with Gasteiger partial charge in [-0.2, -0.15) is 10.2 Å². The summed E-state index contributed by atoms with van der Waals surface area (Å²) >= 11 is 11.4. The number of rotatable bonds is 6. The van der Waals surface area contributed by atoms with Gasteiger partial charge in [0.05, 0.1) is 15.7 Å². The molecule has 106 valence electrons. The molecular formula is C11H8Cl2N2O5. The molecule has 0 radical (unpaired) electrons. The third-order valence-electron chi connectivity index (χ3n) is 2.06. The molecule has 1 aromatic carbocycles. The number of benzene rings is 1. The van der Waals surface area contributed by atoms with E-state index in [0.29, 0.717) is 0 Å². The minimum absolute atomic E-state index is 0.187. The van der Waals surface area contributed by atoms with Crippen LogP contribution in [0.2, 0.25) is 10.0 Å². The average molecular weight is 319 g/mol. The van der Waals surface area contributed by atoms with E-state index in [4.69, 9.17) is 33.4 Å². The number of carbonyl (C=O) groups is 3. The van der Waals surface area contributed by atoms with Gasteiger partial charge in [0, 0.05) is 0 Å². The molecule has 0 bridgehead atoms. The summed E-state index contributed by atoms with van der Waals surface area (Å²) in [6, 6.07) is 2.29. The summed E-state index contributed by atoms with van der Waals surface area (Å²) in [7, 11) is 0. The van der Waals surface area contributed by atoms with Crippen molar-refractivity contribution in [3.05, 3.63) is 28.2 Å². The predicted molar refractivity (Wildman–Crippen MR) is 69.7 cm³/mol. The Morgan fingerprint density at radius 2 is 1.80 bits per heavy atom. The summed E-state index contributed by atoms with van der Waals surface area (Å²) < 4.78 is 0. The Hall–Kier alpha value is -1.99. The van der Waals surface area contributed by atoms with Crippen LogP contribution in [0.1, 0.15) is 6.42 Å². The van der Waals surface area contributed by atoms with E-state index in [2.05, 4.69) is 10.2 Å². The summed E-state index contributed by atoms with van der Waals surface area (Å²) in [5.41, 5.74) is 0.189. The Kier molecular flexibility index (Phi) is 5.60. The number of hydrogen-bond donors (Lipinski definition) is 2. The monoisotopic (exact) mass is 318 g/mol. The smallest absolute Gasteiger partial charge is 0.338 e. The molecule has 0 amide bonds. The number of carbonyl (C=O) groups excluding carboxylic acids is 1. The lowest BCUT2D eigenvalue weighted by atomic mass is 10.1. The molecule has 1 aromatic rings. The van der Waals surface area contributed by atoms with Crippen LogP contribution < -0.4 is 0 Å². The van der Waals surface area contributed by atoms with Crippen molar-refractivity contribution in [3.63, 3.8) is 0 Å². The van der Waals surface area contributed by atoms with E-state index in [0.717, 1.165) is 0 Å². The molecule has 0 aromatic heterocycles. The standard InChI is InChI=1S/C11H8Cl2N2O5/c12-6-2-1-5(3-7(6)13)14-15-10(11(19)20)8(16)4-9(17)18/h1-3,10H,4H2,(H,17,18)(H,19,20). The molecule has 0 spiro atoms. The topological polar surface area (TPSA) is 116 Å². The lowest BCUT2D eigenvalue weighted by Crippen LogP contribution is -2.29. The first-order valence-electron chi connectivity index (χ1n) is 5.14. The number of carboxylic acid groups (broad SMARTS) is 2. The first kappa shape index (κ1) is 16.1. The minimum atomic E-state index is -1.87. The second-order valence-electron chi connectivity index (χ2n) is 3.59. The van der Waals surface area contributed by atoms with E-state index in [9.17, 15) is 14.4 Å². The van der Waals surface area contributed by atoms with Crippen molar-refractivity contribution in [1.29, 1.82) is 0 Å². The second kappa shape index (κ2) is 6.97. The predicted octanol–water partition coefficient (Wildman–Crippen LogP) is 2.57. The molecule has 0 aliphatic rings. The fourth-order valence-electron chi connectivity index (χ4n) is 1.17. The third-order valence-corrected chi connectivity index (χ3v) is 2.80. The Morgan fingerprint density at radius 3 is 2.30 bits per heavy atom. The number of halogens is 2. The van der Waals surface area contributed by atoms with Crippen molar-refractivity contribution in [2.24, 2.45) is 10.2 Å². The van der Waals surface area contributed by atoms with Gasteiger partial charge in [0.1, 0.15) is 6.42 Å². The lowest BCUT2D eigenvalue weighted by molar-refractivity contribution is -0.144. The highest BCUT2D eigenvalue weighted by molar-refractivity contribution is 6.42. The van der Waals surface area contributed by atoms with Crippen LogP contribution in [0.4, 0.5) is 5.69 Å². The summed E-state index contributed by atoms with van der Waals surface area (Å²) in [5.74, 6) is -4.10. The molecule has 20 heavy (non-hydrogen) atoms. The van der Waals surface area contributed by atoms with Crippen LogP contribution in [-0.4, -0.2) is 34.0 Å². The normalized spacial score (nSPS) is 12.3. The first-order valence-corrected chi connectivity index (χ1v) is 5.90. The van der Waals surface area contributed by atoms with Crippen LogP contribution in [0.5, 0.6) is 0 Å². The van der Waals surface area contributed by atoms with Gasteiger partial charge < -0.3 is 10.2 Å². The van der Waals surface area contributed by atoms with E-state index in [1.807, 2.05) is 0 Å². The van der Waals surface area contributed by atoms with Gasteiger partial charge in [-0.1, -0.05) is 23.2 Å². The van der Waals surface area contributed by atoms with E-state index < -0.39 is 30.2 Å². The summed E-state index contributed by atoms with van der Waals surface area (Å²) in [4.78, 5) is 32.6. The van der Waals surface area contributed by atoms with Gasteiger partial charge in [0.25, 0.3) is 0 Å². The average Bonchev–Trinajstić information content (AvgIpc) is 2.32. The van der Waals surface area contributed by atoms with Gasteiger partial charge in [-0.3, -0.25) is 9.59 Å². The van der Waals surface area contributed by atoms with E-state index in [1.54, 1.807) is 0 Å². The molecule has 1 atom stereocenters. The number of carboxylic acids is 2. The highest BCUT2D eigenvalue weighted by Gasteiger charge is 2.27. The molecule has 2 N–H and O–H groups in total.